The summed E-state index contributed by atoms with van der Waals surface area (Å²) in [6.45, 7) is 6.63. The van der Waals surface area contributed by atoms with Gasteiger partial charge in [0.05, 0.1) is 4.90 Å². The van der Waals surface area contributed by atoms with Crippen molar-refractivity contribution in [1.82, 2.24) is 14.5 Å². The highest BCUT2D eigenvalue weighted by Gasteiger charge is 2.29. The molecule has 0 spiro atoms. The van der Waals surface area contributed by atoms with E-state index in [4.69, 9.17) is 0 Å². The van der Waals surface area contributed by atoms with Crippen LogP contribution in [0.3, 0.4) is 0 Å². The summed E-state index contributed by atoms with van der Waals surface area (Å²) in [4.78, 5) is 27.9. The first-order valence-electron chi connectivity index (χ1n) is 11.9. The normalized spacial score (nSPS) is 12.5. The highest BCUT2D eigenvalue weighted by Crippen LogP contribution is 2.17. The maximum absolute atomic E-state index is 13.4. The Labute approximate surface area is 208 Å². The molecule has 192 valence electrons. The fourth-order valence-corrected chi connectivity index (χ4v) is 4.85. The summed E-state index contributed by atoms with van der Waals surface area (Å²) in [6, 6.07) is 13.3. The molecule has 7 nitrogen and oxygen atoms in total. The standard InChI is InChI=1S/C26H36FN3O4S/c1-5-24(26(32)28-18-20(2)3)30(19-21-13-15-22(27)16-14-21)25(31)12-9-17-29(4)35(33,34)23-10-7-6-8-11-23/h6-8,10-11,13-16,20,24H,5,9,12,17-19H2,1-4H3,(H,28,32). The Balaban J connectivity index is 2.11. The molecule has 35 heavy (non-hydrogen) atoms. The lowest BCUT2D eigenvalue weighted by atomic mass is 10.1. The second-order valence-corrected chi connectivity index (χ2v) is 11.0. The van der Waals surface area contributed by atoms with E-state index in [1.54, 1.807) is 30.3 Å². The van der Waals surface area contributed by atoms with Gasteiger partial charge in [0, 0.05) is 33.1 Å². The maximum atomic E-state index is 13.4. The number of carbonyl (C=O) groups excluding carboxylic acids is 2. The van der Waals surface area contributed by atoms with Crippen LogP contribution in [0.1, 0.15) is 45.6 Å². The van der Waals surface area contributed by atoms with Crippen LogP contribution in [-0.4, -0.2) is 55.6 Å². The second kappa shape index (κ2) is 13.3. The molecule has 0 fully saturated rings. The van der Waals surface area contributed by atoms with Gasteiger partial charge in [-0.2, -0.15) is 0 Å². The molecule has 2 aromatic carbocycles. The van der Waals surface area contributed by atoms with Crippen LogP contribution in [0.25, 0.3) is 0 Å². The first-order valence-corrected chi connectivity index (χ1v) is 13.3. The van der Waals surface area contributed by atoms with Crippen molar-refractivity contribution in [2.75, 3.05) is 20.1 Å². The van der Waals surface area contributed by atoms with Crippen LogP contribution < -0.4 is 5.32 Å². The summed E-state index contributed by atoms with van der Waals surface area (Å²) in [5, 5.41) is 2.90. The van der Waals surface area contributed by atoms with Crippen molar-refractivity contribution >= 4 is 21.8 Å². The fraction of sp³-hybridized carbons (Fsp3) is 0.462. The third-order valence-electron chi connectivity index (χ3n) is 5.65. The number of benzene rings is 2. The quantitative estimate of drug-likeness (QED) is 0.449. The topological polar surface area (TPSA) is 86.8 Å². The number of amides is 2. The van der Waals surface area contributed by atoms with Crippen molar-refractivity contribution in [3.05, 3.63) is 66.0 Å². The molecule has 0 heterocycles. The molecule has 1 N–H and O–H groups in total. The van der Waals surface area contributed by atoms with E-state index in [0.717, 1.165) is 0 Å². The maximum Gasteiger partial charge on any atom is 0.242 e. The van der Waals surface area contributed by atoms with Crippen LogP contribution in [0.5, 0.6) is 0 Å². The van der Waals surface area contributed by atoms with Crippen molar-refractivity contribution in [1.29, 1.82) is 0 Å². The van der Waals surface area contributed by atoms with Crippen molar-refractivity contribution in [3.8, 4) is 0 Å². The Hall–Kier alpha value is -2.78. The Bertz CT molecular complexity index is 1060. The highest BCUT2D eigenvalue weighted by molar-refractivity contribution is 7.89. The molecule has 0 bridgehead atoms. The molecular formula is C26H36FN3O4S. The fourth-order valence-electron chi connectivity index (χ4n) is 3.62. The van der Waals surface area contributed by atoms with Crippen molar-refractivity contribution in [2.45, 2.75) is 57.5 Å². The first-order chi connectivity index (χ1) is 16.6. The van der Waals surface area contributed by atoms with E-state index in [-0.39, 0.29) is 48.0 Å². The van der Waals surface area contributed by atoms with Crippen molar-refractivity contribution < 1.29 is 22.4 Å². The van der Waals surface area contributed by atoms with Gasteiger partial charge in [0.1, 0.15) is 11.9 Å². The van der Waals surface area contributed by atoms with Gasteiger partial charge < -0.3 is 10.2 Å². The van der Waals surface area contributed by atoms with E-state index in [9.17, 15) is 22.4 Å². The number of nitrogens with zero attached hydrogens (tertiary/aromatic N) is 2. The lowest BCUT2D eigenvalue weighted by Crippen LogP contribution is -2.49. The summed E-state index contributed by atoms with van der Waals surface area (Å²) < 4.78 is 40.1. The van der Waals surface area contributed by atoms with Gasteiger partial charge >= 0.3 is 0 Å². The van der Waals surface area contributed by atoms with E-state index in [0.29, 0.717) is 24.9 Å². The summed E-state index contributed by atoms with van der Waals surface area (Å²) in [5.41, 5.74) is 0.707. The number of rotatable bonds is 13. The predicted octanol–water partition coefficient (Wildman–Crippen LogP) is 3.81. The molecule has 0 saturated heterocycles. The molecule has 0 aliphatic rings. The van der Waals surface area contributed by atoms with Gasteiger partial charge in [-0.15, -0.1) is 0 Å². The lowest BCUT2D eigenvalue weighted by molar-refractivity contribution is -0.141. The van der Waals surface area contributed by atoms with E-state index in [1.165, 1.54) is 40.5 Å². The van der Waals surface area contributed by atoms with Crippen LogP contribution in [0.15, 0.2) is 59.5 Å². The van der Waals surface area contributed by atoms with E-state index in [1.807, 2.05) is 20.8 Å². The zero-order chi connectivity index (χ0) is 26.0. The minimum Gasteiger partial charge on any atom is -0.354 e. The number of carbonyl (C=O) groups is 2. The Kier molecular flexibility index (Phi) is 10.9. The van der Waals surface area contributed by atoms with Crippen molar-refractivity contribution in [2.24, 2.45) is 5.92 Å². The number of nitrogens with one attached hydrogen (secondary N) is 1. The van der Waals surface area contributed by atoms with Gasteiger partial charge in [-0.25, -0.2) is 17.1 Å². The van der Waals surface area contributed by atoms with E-state index in [2.05, 4.69) is 5.32 Å². The molecular weight excluding hydrogens is 469 g/mol. The monoisotopic (exact) mass is 505 g/mol. The highest BCUT2D eigenvalue weighted by atomic mass is 32.2. The average molecular weight is 506 g/mol. The summed E-state index contributed by atoms with van der Waals surface area (Å²) in [7, 11) is -2.17. The zero-order valence-corrected chi connectivity index (χ0v) is 21.7. The summed E-state index contributed by atoms with van der Waals surface area (Å²) >= 11 is 0. The third-order valence-corrected chi connectivity index (χ3v) is 7.52. The van der Waals surface area contributed by atoms with Crippen LogP contribution in [0, 0.1) is 11.7 Å². The molecule has 0 aliphatic carbocycles. The molecule has 2 aromatic rings. The molecule has 0 saturated carbocycles. The Morgan fingerprint density at radius 3 is 2.23 bits per heavy atom. The van der Waals surface area contributed by atoms with Crippen LogP contribution >= 0.6 is 0 Å². The van der Waals surface area contributed by atoms with Gasteiger partial charge in [-0.1, -0.05) is 51.1 Å². The average Bonchev–Trinajstić information content (AvgIpc) is 2.84. The number of halogens is 1. The van der Waals surface area contributed by atoms with Crippen LogP contribution in [0.4, 0.5) is 4.39 Å². The number of hydrogen-bond donors (Lipinski definition) is 1. The van der Waals surface area contributed by atoms with Crippen LogP contribution in [-0.2, 0) is 26.2 Å². The third kappa shape index (κ3) is 8.43. The molecule has 1 atom stereocenters. The van der Waals surface area contributed by atoms with Crippen molar-refractivity contribution in [3.63, 3.8) is 0 Å². The molecule has 9 heteroatoms. The molecule has 2 amide bonds. The van der Waals surface area contributed by atoms with Crippen LogP contribution in [0.2, 0.25) is 0 Å². The van der Waals surface area contributed by atoms with Gasteiger partial charge in [0.25, 0.3) is 0 Å². The Morgan fingerprint density at radius 1 is 1.03 bits per heavy atom. The summed E-state index contributed by atoms with van der Waals surface area (Å²) in [5.74, 6) is -0.609. The van der Waals surface area contributed by atoms with Gasteiger partial charge in [0.2, 0.25) is 21.8 Å². The lowest BCUT2D eigenvalue weighted by Gasteiger charge is -2.31. The molecule has 2 rings (SSSR count). The number of hydrogen-bond acceptors (Lipinski definition) is 4. The smallest absolute Gasteiger partial charge is 0.242 e. The van der Waals surface area contributed by atoms with E-state index < -0.39 is 16.1 Å². The minimum atomic E-state index is -3.65. The zero-order valence-electron chi connectivity index (χ0n) is 20.9. The Morgan fingerprint density at radius 2 is 1.66 bits per heavy atom. The largest absolute Gasteiger partial charge is 0.354 e. The van der Waals surface area contributed by atoms with Gasteiger partial charge in [0.15, 0.2) is 0 Å². The SMILES string of the molecule is CCC(C(=O)NCC(C)C)N(Cc1ccc(F)cc1)C(=O)CCCN(C)S(=O)(=O)c1ccccc1. The molecule has 1 unspecified atom stereocenters. The minimum absolute atomic E-state index is 0.0732. The molecule has 0 aliphatic heterocycles. The molecule has 0 aromatic heterocycles. The second-order valence-electron chi connectivity index (χ2n) is 8.95. The predicted molar refractivity (Wildman–Crippen MR) is 134 cm³/mol. The van der Waals surface area contributed by atoms with Gasteiger partial charge in [-0.3, -0.25) is 9.59 Å². The number of sulfonamides is 1. The van der Waals surface area contributed by atoms with Gasteiger partial charge in [-0.05, 0) is 48.6 Å². The van der Waals surface area contributed by atoms with E-state index >= 15 is 0 Å². The first kappa shape index (κ1) is 28.5. The summed E-state index contributed by atoms with van der Waals surface area (Å²) in [6.07, 6.45) is 0.786. The molecule has 0 radical (unpaired) electrons.